The first-order valence-corrected chi connectivity index (χ1v) is 8.82. The first kappa shape index (κ1) is 18.9. The third-order valence-electron chi connectivity index (χ3n) is 4.37. The summed E-state index contributed by atoms with van der Waals surface area (Å²) in [7, 11) is 0. The Balaban J connectivity index is 1.81. The van der Waals surface area contributed by atoms with Crippen LogP contribution in [0.5, 0.6) is 0 Å². The minimum absolute atomic E-state index is 0.0250. The van der Waals surface area contributed by atoms with Gasteiger partial charge in [0.1, 0.15) is 0 Å². The summed E-state index contributed by atoms with van der Waals surface area (Å²) in [4.78, 5) is 25.4. The third-order valence-corrected chi connectivity index (χ3v) is 4.68. The van der Waals surface area contributed by atoms with E-state index in [1.807, 2.05) is 0 Å². The van der Waals surface area contributed by atoms with E-state index in [1.165, 1.54) is 18.6 Å². The summed E-state index contributed by atoms with van der Waals surface area (Å²) in [6.07, 6.45) is 4.29. The Bertz CT molecular complexity index is 1210. The van der Waals surface area contributed by atoms with E-state index in [-0.39, 0.29) is 17.1 Å². The molecule has 0 aliphatic carbocycles. The zero-order valence-corrected chi connectivity index (χ0v) is 15.4. The number of hydrogen-bond donors (Lipinski definition) is 1. The molecule has 1 N–H and O–H groups in total. The molecule has 0 radical (unpaired) electrons. The summed E-state index contributed by atoms with van der Waals surface area (Å²) in [6.45, 7) is -0.414. The van der Waals surface area contributed by atoms with Crippen LogP contribution >= 0.6 is 11.6 Å². The van der Waals surface area contributed by atoms with Gasteiger partial charge in [0, 0.05) is 35.1 Å². The molecule has 0 aliphatic heterocycles. The van der Waals surface area contributed by atoms with E-state index in [0.717, 1.165) is 17.0 Å². The van der Waals surface area contributed by atoms with Gasteiger partial charge in [-0.25, -0.2) is 23.1 Å². The maximum absolute atomic E-state index is 14.2. The van der Waals surface area contributed by atoms with Gasteiger partial charge >= 0.3 is 0 Å². The Kier molecular flexibility index (Phi) is 4.94. The minimum atomic E-state index is -1.61. The van der Waals surface area contributed by atoms with Crippen LogP contribution in [0.4, 0.5) is 19.1 Å². The Morgan fingerprint density at radius 2 is 1.79 bits per heavy atom. The molecule has 0 saturated carbocycles. The van der Waals surface area contributed by atoms with Crippen molar-refractivity contribution in [1.29, 1.82) is 0 Å². The monoisotopic (exact) mass is 416 g/mol. The van der Waals surface area contributed by atoms with E-state index < -0.39 is 29.9 Å². The normalized spacial score (nSPS) is 11.0. The summed E-state index contributed by atoms with van der Waals surface area (Å²) >= 11 is 6.25. The number of carbonyl (C=O) groups excluding carboxylic acids is 1. The van der Waals surface area contributed by atoms with Crippen LogP contribution in [0.15, 0.2) is 55.0 Å². The van der Waals surface area contributed by atoms with Gasteiger partial charge in [-0.3, -0.25) is 9.69 Å². The minimum Gasteiger partial charge on any atom is -0.360 e. The average Bonchev–Trinajstić information content (AvgIpc) is 3.17. The van der Waals surface area contributed by atoms with Crippen molar-refractivity contribution in [1.82, 2.24) is 15.0 Å². The summed E-state index contributed by atoms with van der Waals surface area (Å²) < 4.78 is 41.2. The predicted molar refractivity (Wildman–Crippen MR) is 102 cm³/mol. The van der Waals surface area contributed by atoms with Gasteiger partial charge in [-0.05, 0) is 24.3 Å². The molecule has 0 unspecified atom stereocenters. The van der Waals surface area contributed by atoms with Crippen LogP contribution in [0, 0.1) is 17.5 Å². The molecule has 29 heavy (non-hydrogen) atoms. The Labute approximate surface area is 167 Å². The van der Waals surface area contributed by atoms with E-state index in [2.05, 4.69) is 15.0 Å². The van der Waals surface area contributed by atoms with Gasteiger partial charge in [0.05, 0.1) is 17.1 Å². The molecule has 2 heterocycles. The molecule has 2 aromatic carbocycles. The highest BCUT2D eigenvalue weighted by Crippen LogP contribution is 2.29. The lowest BCUT2D eigenvalue weighted by atomic mass is 10.1. The van der Waals surface area contributed by atoms with Crippen LogP contribution in [0.1, 0.15) is 15.9 Å². The predicted octanol–water partition coefficient (Wildman–Crippen LogP) is 4.88. The molecule has 0 fully saturated rings. The number of anilines is 1. The Morgan fingerprint density at radius 3 is 2.55 bits per heavy atom. The summed E-state index contributed by atoms with van der Waals surface area (Å²) in [5.74, 6) is -4.92. The van der Waals surface area contributed by atoms with Gasteiger partial charge in [-0.15, -0.1) is 0 Å². The zero-order chi connectivity index (χ0) is 20.5. The van der Waals surface area contributed by atoms with Crippen LogP contribution in [0.2, 0.25) is 5.02 Å². The van der Waals surface area contributed by atoms with Gasteiger partial charge < -0.3 is 4.98 Å². The topological polar surface area (TPSA) is 61.9 Å². The zero-order valence-electron chi connectivity index (χ0n) is 14.7. The van der Waals surface area contributed by atoms with Crippen molar-refractivity contribution < 1.29 is 18.0 Å². The largest absolute Gasteiger partial charge is 0.360 e. The highest BCUT2D eigenvalue weighted by Gasteiger charge is 2.26. The van der Waals surface area contributed by atoms with Crippen molar-refractivity contribution in [2.75, 3.05) is 4.90 Å². The maximum atomic E-state index is 14.2. The number of carbonyl (C=O) groups is 1. The second-order valence-electron chi connectivity index (χ2n) is 6.14. The van der Waals surface area contributed by atoms with E-state index in [0.29, 0.717) is 15.9 Å². The number of nitrogens with zero attached hydrogens (tertiary/aromatic N) is 3. The highest BCUT2D eigenvalue weighted by molar-refractivity contribution is 6.37. The smallest absolute Gasteiger partial charge is 0.263 e. The van der Waals surface area contributed by atoms with E-state index in [9.17, 15) is 18.0 Å². The standard InChI is InChI=1S/C20H12ClF3N4O/c21-13-3-1-4-15-16(13)12(9-27-15)19(29)28(20-25-7-2-8-26-20)10-11-5-6-14(22)18(24)17(11)23/h1-9,27H,10H2. The second kappa shape index (κ2) is 7.56. The first-order valence-electron chi connectivity index (χ1n) is 8.44. The lowest BCUT2D eigenvalue weighted by Crippen LogP contribution is -2.32. The molecule has 4 rings (SSSR count). The molecule has 0 bridgehead atoms. The SMILES string of the molecule is O=C(c1c[nH]c2cccc(Cl)c12)N(Cc1ccc(F)c(F)c1F)c1ncccn1. The Hall–Kier alpha value is -3.39. The molecular formula is C20H12ClF3N4O. The van der Waals surface area contributed by atoms with Gasteiger partial charge in [-0.2, -0.15) is 0 Å². The van der Waals surface area contributed by atoms with E-state index >= 15 is 0 Å². The lowest BCUT2D eigenvalue weighted by molar-refractivity contribution is 0.0984. The molecule has 2 aromatic heterocycles. The van der Waals surface area contributed by atoms with Crippen molar-refractivity contribution in [3.8, 4) is 0 Å². The Morgan fingerprint density at radius 1 is 1.03 bits per heavy atom. The number of amides is 1. The molecule has 0 spiro atoms. The number of aromatic nitrogens is 3. The van der Waals surface area contributed by atoms with Crippen molar-refractivity contribution in [2.24, 2.45) is 0 Å². The molecular weight excluding hydrogens is 405 g/mol. The van der Waals surface area contributed by atoms with Crippen LogP contribution in [-0.2, 0) is 6.54 Å². The fourth-order valence-corrected chi connectivity index (χ4v) is 3.25. The van der Waals surface area contributed by atoms with Crippen molar-refractivity contribution >= 4 is 34.4 Å². The summed E-state index contributed by atoms with van der Waals surface area (Å²) in [5, 5.41) is 0.825. The van der Waals surface area contributed by atoms with Gasteiger partial charge in [-0.1, -0.05) is 23.7 Å². The molecule has 0 aliphatic rings. The lowest BCUT2D eigenvalue weighted by Gasteiger charge is -2.21. The summed E-state index contributed by atoms with van der Waals surface area (Å²) in [6, 6.07) is 8.52. The molecule has 1 amide bonds. The maximum Gasteiger partial charge on any atom is 0.263 e. The van der Waals surface area contributed by atoms with E-state index in [1.54, 1.807) is 24.3 Å². The number of nitrogens with one attached hydrogen (secondary N) is 1. The van der Waals surface area contributed by atoms with E-state index in [4.69, 9.17) is 11.6 Å². The number of H-pyrrole nitrogens is 1. The first-order chi connectivity index (χ1) is 14.0. The van der Waals surface area contributed by atoms with Crippen molar-refractivity contribution in [3.63, 3.8) is 0 Å². The van der Waals surface area contributed by atoms with Gasteiger partial charge in [0.15, 0.2) is 17.5 Å². The van der Waals surface area contributed by atoms with Crippen molar-refractivity contribution in [2.45, 2.75) is 6.54 Å². The van der Waals surface area contributed by atoms with Crippen LogP contribution < -0.4 is 4.90 Å². The molecule has 0 saturated heterocycles. The van der Waals surface area contributed by atoms with Gasteiger partial charge in [0.25, 0.3) is 5.91 Å². The summed E-state index contributed by atoms with van der Waals surface area (Å²) in [5.41, 5.74) is 0.616. The number of halogens is 4. The molecule has 4 aromatic rings. The van der Waals surface area contributed by atoms with Crippen molar-refractivity contribution in [3.05, 3.63) is 88.6 Å². The number of benzene rings is 2. The highest BCUT2D eigenvalue weighted by atomic mass is 35.5. The number of hydrogen-bond acceptors (Lipinski definition) is 3. The molecule has 146 valence electrons. The molecule has 0 atom stereocenters. The van der Waals surface area contributed by atoms with Crippen LogP contribution in [0.3, 0.4) is 0 Å². The number of fused-ring (bicyclic) bond motifs is 1. The van der Waals surface area contributed by atoms with Gasteiger partial charge in [0.2, 0.25) is 5.95 Å². The number of aromatic amines is 1. The van der Waals surface area contributed by atoms with Crippen LogP contribution in [0.25, 0.3) is 10.9 Å². The fourth-order valence-electron chi connectivity index (χ4n) is 2.98. The van der Waals surface area contributed by atoms with Crippen LogP contribution in [-0.4, -0.2) is 20.9 Å². The fraction of sp³-hybridized carbons (Fsp3) is 0.0500. The second-order valence-corrected chi connectivity index (χ2v) is 6.55. The molecule has 5 nitrogen and oxygen atoms in total. The number of rotatable bonds is 4. The average molecular weight is 417 g/mol. The molecule has 9 heteroatoms. The third kappa shape index (κ3) is 3.42. The quantitative estimate of drug-likeness (QED) is 0.482.